The highest BCUT2D eigenvalue weighted by molar-refractivity contribution is 14.1. The van der Waals surface area contributed by atoms with Gasteiger partial charge in [0.25, 0.3) is 9.05 Å². The van der Waals surface area contributed by atoms with Crippen LogP contribution in [0.4, 0.5) is 0 Å². The fraction of sp³-hybridized carbons (Fsp3) is 0.500. The van der Waals surface area contributed by atoms with Gasteiger partial charge in [-0.3, -0.25) is 4.68 Å². The molecule has 0 aromatic carbocycles. The summed E-state index contributed by atoms with van der Waals surface area (Å²) >= 11 is 1.84. The van der Waals surface area contributed by atoms with E-state index in [2.05, 4.69) is 5.10 Å². The fourth-order valence-corrected chi connectivity index (χ4v) is 3.24. The molecule has 0 atom stereocenters. The van der Waals surface area contributed by atoms with Crippen molar-refractivity contribution in [3.8, 4) is 0 Å². The number of halogens is 2. The Balaban J connectivity index is 3.27. The quantitative estimate of drug-likeness (QED) is 0.614. The molecule has 1 aromatic heterocycles. The maximum absolute atomic E-state index is 11.0. The Kier molecular flexibility index (Phi) is 3.24. The van der Waals surface area contributed by atoms with E-state index in [1.54, 1.807) is 4.68 Å². The van der Waals surface area contributed by atoms with Crippen LogP contribution in [0.5, 0.6) is 0 Å². The van der Waals surface area contributed by atoms with E-state index < -0.39 is 9.05 Å². The smallest absolute Gasteiger partial charge is 0.265 e. The summed E-state index contributed by atoms with van der Waals surface area (Å²) in [5.41, 5.74) is 0. The highest BCUT2D eigenvalue weighted by atomic mass is 127. The van der Waals surface area contributed by atoms with Crippen LogP contribution in [0.25, 0.3) is 0 Å². The van der Waals surface area contributed by atoms with Crippen LogP contribution in [-0.4, -0.2) is 18.2 Å². The Bertz CT molecular complexity index is 412. The van der Waals surface area contributed by atoms with Gasteiger partial charge in [0.1, 0.15) is 8.60 Å². The van der Waals surface area contributed by atoms with Crippen LogP contribution in [0.3, 0.4) is 0 Å². The summed E-state index contributed by atoms with van der Waals surface area (Å²) < 4.78 is 24.0. The van der Waals surface area contributed by atoms with E-state index in [4.69, 9.17) is 10.7 Å². The molecule has 0 aliphatic rings. The second-order valence-electron chi connectivity index (χ2n) is 2.80. The monoisotopic (exact) mass is 334 g/mol. The van der Waals surface area contributed by atoms with Gasteiger partial charge in [0.05, 0.1) is 0 Å². The van der Waals surface area contributed by atoms with E-state index in [0.29, 0.717) is 3.70 Å². The van der Waals surface area contributed by atoms with Crippen molar-refractivity contribution < 1.29 is 8.42 Å². The van der Waals surface area contributed by atoms with Crippen molar-refractivity contribution in [1.82, 2.24) is 9.78 Å². The van der Waals surface area contributed by atoms with E-state index in [1.807, 2.05) is 36.4 Å². The normalized spacial score (nSPS) is 12.4. The molecular weight excluding hydrogens is 327 g/mol. The minimum Gasteiger partial charge on any atom is -0.268 e. The van der Waals surface area contributed by atoms with Crippen molar-refractivity contribution in [3.05, 3.63) is 9.90 Å². The van der Waals surface area contributed by atoms with Crippen LogP contribution in [0.2, 0.25) is 0 Å². The highest BCUT2D eigenvalue weighted by Crippen LogP contribution is 2.21. The molecule has 0 amide bonds. The Morgan fingerprint density at radius 2 is 2.15 bits per heavy atom. The maximum Gasteiger partial charge on any atom is 0.265 e. The topological polar surface area (TPSA) is 52.0 Å². The standard InChI is InChI=1S/C6H8ClIN2O2S/c1-4(2)10-3-5(6(8)9-10)13(7,11)12/h3-4H,1-2H3. The molecule has 7 heteroatoms. The van der Waals surface area contributed by atoms with E-state index in [1.165, 1.54) is 6.20 Å². The first-order valence-electron chi connectivity index (χ1n) is 3.51. The molecule has 0 aliphatic carbocycles. The van der Waals surface area contributed by atoms with Crippen molar-refractivity contribution in [1.29, 1.82) is 0 Å². The van der Waals surface area contributed by atoms with Gasteiger partial charge in [-0.2, -0.15) is 5.10 Å². The van der Waals surface area contributed by atoms with Gasteiger partial charge in [-0.15, -0.1) is 0 Å². The number of nitrogens with zero attached hydrogens (tertiary/aromatic N) is 2. The molecular formula is C6H8ClIN2O2S. The summed E-state index contributed by atoms with van der Waals surface area (Å²) in [4.78, 5) is 0.0727. The molecule has 4 nitrogen and oxygen atoms in total. The summed E-state index contributed by atoms with van der Waals surface area (Å²) in [5, 5.41) is 4.02. The van der Waals surface area contributed by atoms with E-state index in [9.17, 15) is 8.42 Å². The zero-order valence-corrected chi connectivity index (χ0v) is 10.8. The second kappa shape index (κ2) is 3.74. The van der Waals surface area contributed by atoms with Crippen LogP contribution in [-0.2, 0) is 9.05 Å². The average molecular weight is 335 g/mol. The van der Waals surface area contributed by atoms with Gasteiger partial charge in [-0.05, 0) is 36.4 Å². The number of hydrogen-bond donors (Lipinski definition) is 0. The minimum atomic E-state index is -3.66. The molecule has 1 rings (SSSR count). The van der Waals surface area contributed by atoms with Gasteiger partial charge in [0.2, 0.25) is 0 Å². The Morgan fingerprint density at radius 3 is 2.38 bits per heavy atom. The molecule has 13 heavy (non-hydrogen) atoms. The zero-order valence-electron chi connectivity index (χ0n) is 7.03. The first-order valence-corrected chi connectivity index (χ1v) is 6.90. The molecule has 1 aromatic rings. The number of rotatable bonds is 2. The minimum absolute atomic E-state index is 0.0727. The van der Waals surface area contributed by atoms with Gasteiger partial charge < -0.3 is 0 Å². The molecule has 0 radical (unpaired) electrons. The summed E-state index contributed by atoms with van der Waals surface area (Å²) in [5.74, 6) is 0. The van der Waals surface area contributed by atoms with E-state index >= 15 is 0 Å². The lowest BCUT2D eigenvalue weighted by atomic mass is 10.4. The predicted octanol–water partition coefficient (Wildman–Crippen LogP) is 2.00. The second-order valence-corrected chi connectivity index (χ2v) is 6.35. The summed E-state index contributed by atoms with van der Waals surface area (Å²) in [6, 6.07) is 0.126. The first kappa shape index (κ1) is 11.3. The average Bonchev–Trinajstić information content (AvgIpc) is 2.29. The molecule has 0 N–H and O–H groups in total. The molecule has 0 saturated carbocycles. The third-order valence-electron chi connectivity index (χ3n) is 1.45. The van der Waals surface area contributed by atoms with Gasteiger partial charge >= 0.3 is 0 Å². The molecule has 0 saturated heterocycles. The number of aromatic nitrogens is 2. The molecule has 1 heterocycles. The van der Waals surface area contributed by atoms with Gasteiger partial charge in [-0.1, -0.05) is 0 Å². The third-order valence-corrected chi connectivity index (χ3v) is 3.93. The lowest BCUT2D eigenvalue weighted by Gasteiger charge is -2.02. The summed E-state index contributed by atoms with van der Waals surface area (Å²) in [6.07, 6.45) is 1.44. The zero-order chi connectivity index (χ0) is 10.2. The van der Waals surface area contributed by atoms with Gasteiger partial charge in [-0.25, -0.2) is 8.42 Å². The largest absolute Gasteiger partial charge is 0.268 e. The van der Waals surface area contributed by atoms with Gasteiger partial charge in [0, 0.05) is 22.9 Å². The molecule has 0 spiro atoms. The van der Waals surface area contributed by atoms with Gasteiger partial charge in [0.15, 0.2) is 0 Å². The lowest BCUT2D eigenvalue weighted by molar-refractivity contribution is 0.529. The van der Waals surface area contributed by atoms with Crippen molar-refractivity contribution >= 4 is 42.3 Å². The SMILES string of the molecule is CC(C)n1cc(S(=O)(=O)Cl)c(I)n1. The summed E-state index contributed by atoms with van der Waals surface area (Å²) in [6.45, 7) is 3.82. The van der Waals surface area contributed by atoms with Crippen LogP contribution in [0.1, 0.15) is 19.9 Å². The van der Waals surface area contributed by atoms with Crippen LogP contribution >= 0.6 is 33.3 Å². The molecule has 0 fully saturated rings. The molecule has 0 unspecified atom stereocenters. The van der Waals surface area contributed by atoms with Crippen LogP contribution in [0, 0.1) is 3.70 Å². The Hall–Kier alpha value is 0.180. The fourth-order valence-electron chi connectivity index (χ4n) is 0.781. The molecule has 0 bridgehead atoms. The Morgan fingerprint density at radius 1 is 1.62 bits per heavy atom. The van der Waals surface area contributed by atoms with Crippen molar-refractivity contribution in [2.45, 2.75) is 24.8 Å². The van der Waals surface area contributed by atoms with Crippen LogP contribution in [0.15, 0.2) is 11.1 Å². The predicted molar refractivity (Wildman–Crippen MR) is 58.4 cm³/mol. The van der Waals surface area contributed by atoms with Crippen molar-refractivity contribution in [2.75, 3.05) is 0 Å². The Labute approximate surface area is 94.8 Å². The molecule has 74 valence electrons. The van der Waals surface area contributed by atoms with Crippen molar-refractivity contribution in [3.63, 3.8) is 0 Å². The lowest BCUT2D eigenvalue weighted by Crippen LogP contribution is -2.00. The number of hydrogen-bond acceptors (Lipinski definition) is 3. The van der Waals surface area contributed by atoms with Crippen LogP contribution < -0.4 is 0 Å². The maximum atomic E-state index is 11.0. The van der Waals surface area contributed by atoms with E-state index in [0.717, 1.165) is 0 Å². The highest BCUT2D eigenvalue weighted by Gasteiger charge is 2.19. The summed E-state index contributed by atoms with van der Waals surface area (Å²) in [7, 11) is 1.53. The molecule has 0 aliphatic heterocycles. The van der Waals surface area contributed by atoms with E-state index in [-0.39, 0.29) is 10.9 Å². The first-order chi connectivity index (χ1) is 5.82. The van der Waals surface area contributed by atoms with Crippen molar-refractivity contribution in [2.24, 2.45) is 0 Å². The third kappa shape index (κ3) is 2.57.